The predicted octanol–water partition coefficient (Wildman–Crippen LogP) is 2.26. The summed E-state index contributed by atoms with van der Waals surface area (Å²) in [5, 5.41) is 0.300. The highest BCUT2D eigenvalue weighted by Gasteiger charge is 2.16. The molecule has 0 aliphatic heterocycles. The van der Waals surface area contributed by atoms with Gasteiger partial charge in [0.1, 0.15) is 0 Å². The van der Waals surface area contributed by atoms with Crippen LogP contribution in [0.15, 0.2) is 18.2 Å². The van der Waals surface area contributed by atoms with Gasteiger partial charge < -0.3 is 10.6 Å². The molecule has 0 heterocycles. The van der Waals surface area contributed by atoms with Crippen LogP contribution in [-0.4, -0.2) is 30.8 Å². The molecule has 0 saturated carbocycles. The number of halogens is 3. The van der Waals surface area contributed by atoms with Gasteiger partial charge in [0.25, 0.3) is 12.3 Å². The minimum atomic E-state index is -2.56. The van der Waals surface area contributed by atoms with Crippen molar-refractivity contribution in [1.29, 1.82) is 0 Å². The van der Waals surface area contributed by atoms with E-state index in [-0.39, 0.29) is 5.56 Å². The Bertz CT molecular complexity index is 378. The Kier molecular flexibility index (Phi) is 4.06. The molecule has 88 valence electrons. The van der Waals surface area contributed by atoms with Crippen LogP contribution in [0.4, 0.5) is 14.5 Å². The van der Waals surface area contributed by atoms with Crippen molar-refractivity contribution in [2.75, 3.05) is 19.3 Å². The summed E-state index contributed by atoms with van der Waals surface area (Å²) < 4.78 is 24.2. The number of nitrogens with two attached hydrogens (primary N) is 1. The van der Waals surface area contributed by atoms with Gasteiger partial charge in [0.2, 0.25) is 0 Å². The van der Waals surface area contributed by atoms with E-state index < -0.39 is 18.9 Å². The van der Waals surface area contributed by atoms with Gasteiger partial charge in [-0.3, -0.25) is 4.79 Å². The van der Waals surface area contributed by atoms with Crippen LogP contribution in [0.2, 0.25) is 5.02 Å². The first-order valence-corrected chi connectivity index (χ1v) is 4.87. The van der Waals surface area contributed by atoms with Gasteiger partial charge in [0.15, 0.2) is 0 Å². The maximum Gasteiger partial charge on any atom is 0.255 e. The zero-order chi connectivity index (χ0) is 12.3. The third-order valence-corrected chi connectivity index (χ3v) is 2.14. The van der Waals surface area contributed by atoms with Gasteiger partial charge in [-0.2, -0.15) is 0 Å². The van der Waals surface area contributed by atoms with E-state index in [4.69, 9.17) is 17.3 Å². The molecule has 0 spiro atoms. The van der Waals surface area contributed by atoms with Crippen molar-refractivity contribution < 1.29 is 13.6 Å². The van der Waals surface area contributed by atoms with Gasteiger partial charge in [-0.05, 0) is 18.2 Å². The highest BCUT2D eigenvalue weighted by atomic mass is 35.5. The maximum absolute atomic E-state index is 12.1. The molecule has 1 aromatic rings. The highest BCUT2D eigenvalue weighted by Crippen LogP contribution is 2.17. The zero-order valence-electron chi connectivity index (χ0n) is 8.58. The quantitative estimate of drug-likeness (QED) is 0.834. The summed E-state index contributed by atoms with van der Waals surface area (Å²) in [6.45, 7) is -0.620. The number of alkyl halides is 2. The van der Waals surface area contributed by atoms with E-state index in [1.54, 1.807) is 0 Å². The van der Waals surface area contributed by atoms with Crippen LogP contribution in [0.1, 0.15) is 10.4 Å². The Labute approximate surface area is 96.8 Å². The van der Waals surface area contributed by atoms with Crippen molar-refractivity contribution in [3.63, 3.8) is 0 Å². The number of carbonyl (C=O) groups is 1. The zero-order valence-corrected chi connectivity index (χ0v) is 9.34. The number of nitrogens with zero attached hydrogens (tertiary/aromatic N) is 1. The minimum Gasteiger partial charge on any atom is -0.399 e. The Morgan fingerprint density at radius 2 is 2.12 bits per heavy atom. The van der Waals surface area contributed by atoms with E-state index >= 15 is 0 Å². The van der Waals surface area contributed by atoms with Crippen molar-refractivity contribution >= 4 is 23.2 Å². The molecule has 2 N–H and O–H groups in total. The van der Waals surface area contributed by atoms with Gasteiger partial charge in [-0.25, -0.2) is 8.78 Å². The summed E-state index contributed by atoms with van der Waals surface area (Å²) >= 11 is 5.71. The molecule has 16 heavy (non-hydrogen) atoms. The molecule has 0 radical (unpaired) electrons. The van der Waals surface area contributed by atoms with Crippen LogP contribution >= 0.6 is 11.6 Å². The fourth-order valence-corrected chi connectivity index (χ4v) is 1.49. The summed E-state index contributed by atoms with van der Waals surface area (Å²) in [6, 6.07) is 4.27. The topological polar surface area (TPSA) is 46.3 Å². The monoisotopic (exact) mass is 248 g/mol. The lowest BCUT2D eigenvalue weighted by Gasteiger charge is -2.16. The van der Waals surface area contributed by atoms with Crippen LogP contribution in [0.5, 0.6) is 0 Å². The van der Waals surface area contributed by atoms with E-state index in [2.05, 4.69) is 0 Å². The Morgan fingerprint density at radius 1 is 1.50 bits per heavy atom. The number of nitrogen functional groups attached to an aromatic ring is 1. The predicted molar refractivity (Wildman–Crippen MR) is 58.8 cm³/mol. The van der Waals surface area contributed by atoms with Gasteiger partial charge >= 0.3 is 0 Å². The Hall–Kier alpha value is -1.36. The average molecular weight is 249 g/mol. The molecule has 0 fully saturated rings. The summed E-state index contributed by atoms with van der Waals surface area (Å²) in [6.07, 6.45) is -2.56. The second-order valence-corrected chi connectivity index (χ2v) is 3.79. The number of rotatable bonds is 3. The maximum atomic E-state index is 12.1. The Balaban J connectivity index is 2.87. The lowest BCUT2D eigenvalue weighted by Crippen LogP contribution is -2.31. The number of carbonyl (C=O) groups excluding carboxylic acids is 1. The first-order valence-electron chi connectivity index (χ1n) is 4.50. The third kappa shape index (κ3) is 3.34. The molecule has 1 amide bonds. The van der Waals surface area contributed by atoms with Crippen molar-refractivity contribution in [2.45, 2.75) is 6.43 Å². The number of benzene rings is 1. The van der Waals surface area contributed by atoms with Gasteiger partial charge in [-0.15, -0.1) is 0 Å². The fraction of sp³-hybridized carbons (Fsp3) is 0.300. The smallest absolute Gasteiger partial charge is 0.255 e. The standard InChI is InChI=1S/C10H11ClF2N2O/c1-15(5-9(12)13)10(16)6-2-7(11)4-8(14)3-6/h2-4,9H,5,14H2,1H3. The molecule has 0 aromatic heterocycles. The molecule has 3 nitrogen and oxygen atoms in total. The molecule has 0 aliphatic carbocycles. The second kappa shape index (κ2) is 5.12. The molecule has 0 unspecified atom stereocenters. The van der Waals surface area contributed by atoms with Crippen molar-refractivity contribution in [3.05, 3.63) is 28.8 Å². The first kappa shape index (κ1) is 12.7. The second-order valence-electron chi connectivity index (χ2n) is 3.35. The van der Waals surface area contributed by atoms with E-state index in [1.807, 2.05) is 0 Å². The van der Waals surface area contributed by atoms with E-state index in [1.165, 1.54) is 25.2 Å². The molecule has 1 rings (SSSR count). The SMILES string of the molecule is CN(CC(F)F)C(=O)c1cc(N)cc(Cl)c1. The molecule has 0 bridgehead atoms. The summed E-state index contributed by atoms with van der Waals surface area (Å²) in [5.74, 6) is -0.533. The van der Waals surface area contributed by atoms with Crippen LogP contribution in [0.3, 0.4) is 0 Å². The van der Waals surface area contributed by atoms with Crippen LogP contribution in [0, 0.1) is 0 Å². The van der Waals surface area contributed by atoms with Crippen LogP contribution in [0.25, 0.3) is 0 Å². The number of hydrogen-bond acceptors (Lipinski definition) is 2. The van der Waals surface area contributed by atoms with E-state index in [0.717, 1.165) is 4.90 Å². The normalized spacial score (nSPS) is 10.6. The van der Waals surface area contributed by atoms with Gasteiger partial charge in [-0.1, -0.05) is 11.6 Å². The van der Waals surface area contributed by atoms with E-state index in [0.29, 0.717) is 10.7 Å². The van der Waals surface area contributed by atoms with E-state index in [9.17, 15) is 13.6 Å². The number of hydrogen-bond donors (Lipinski definition) is 1. The number of anilines is 1. The largest absolute Gasteiger partial charge is 0.399 e. The first-order chi connectivity index (χ1) is 7.40. The molecule has 6 heteroatoms. The molecular formula is C10H11ClF2N2O. The molecular weight excluding hydrogens is 238 g/mol. The minimum absolute atomic E-state index is 0.202. The molecule has 0 atom stereocenters. The number of amides is 1. The van der Waals surface area contributed by atoms with Crippen molar-refractivity contribution in [1.82, 2.24) is 4.90 Å². The van der Waals surface area contributed by atoms with Gasteiger partial charge in [0.05, 0.1) is 6.54 Å². The van der Waals surface area contributed by atoms with Crippen LogP contribution in [-0.2, 0) is 0 Å². The third-order valence-electron chi connectivity index (χ3n) is 1.93. The van der Waals surface area contributed by atoms with Gasteiger partial charge in [0, 0.05) is 23.3 Å². The lowest BCUT2D eigenvalue weighted by atomic mass is 10.2. The highest BCUT2D eigenvalue weighted by molar-refractivity contribution is 6.31. The summed E-state index contributed by atoms with van der Waals surface area (Å²) in [4.78, 5) is 12.6. The van der Waals surface area contributed by atoms with Crippen molar-refractivity contribution in [3.8, 4) is 0 Å². The molecule has 1 aromatic carbocycles. The van der Waals surface area contributed by atoms with Crippen LogP contribution < -0.4 is 5.73 Å². The summed E-state index contributed by atoms with van der Waals surface area (Å²) in [7, 11) is 1.30. The van der Waals surface area contributed by atoms with Crippen molar-refractivity contribution in [2.24, 2.45) is 0 Å². The molecule has 0 aliphatic rings. The molecule has 0 saturated heterocycles. The Morgan fingerprint density at radius 3 is 2.62 bits per heavy atom. The average Bonchev–Trinajstić information content (AvgIpc) is 2.13. The summed E-state index contributed by atoms with van der Waals surface area (Å²) in [5.41, 5.74) is 6.02. The lowest BCUT2D eigenvalue weighted by molar-refractivity contribution is 0.0620. The fourth-order valence-electron chi connectivity index (χ4n) is 1.25.